The molecule has 1 aliphatic heterocycles. The summed E-state index contributed by atoms with van der Waals surface area (Å²) in [6, 6.07) is 0. The van der Waals surface area contributed by atoms with Crippen LogP contribution >= 0.6 is 0 Å². The molecule has 0 N–H and O–H groups in total. The van der Waals surface area contributed by atoms with Crippen molar-refractivity contribution < 1.29 is 30.4 Å². The largest absolute Gasteiger partial charge is 0.384 e. The van der Waals surface area contributed by atoms with Gasteiger partial charge in [0.05, 0.1) is 6.42 Å². The molecule has 1 heterocycles. The molecule has 1 rings (SSSR count). The summed E-state index contributed by atoms with van der Waals surface area (Å²) >= 11 is 0. The highest BCUT2D eigenvalue weighted by molar-refractivity contribution is 7.93. The maximum absolute atomic E-state index is 12.8. The molecular formula is C5H5F5O2S. The van der Waals surface area contributed by atoms with Crippen molar-refractivity contribution in [1.82, 2.24) is 0 Å². The average Bonchev–Trinajstić information content (AvgIpc) is 1.88. The highest BCUT2D eigenvalue weighted by Gasteiger charge is 2.78. The van der Waals surface area contributed by atoms with Crippen LogP contribution in [-0.2, 0) is 9.84 Å². The second-order valence-electron chi connectivity index (χ2n) is 3.03. The van der Waals surface area contributed by atoms with E-state index >= 15 is 0 Å². The van der Waals surface area contributed by atoms with E-state index < -0.39 is 32.4 Å². The summed E-state index contributed by atoms with van der Waals surface area (Å²) < 4.78 is 83.5. The van der Waals surface area contributed by atoms with Gasteiger partial charge in [0, 0.05) is 0 Å². The predicted octanol–water partition coefficient (Wildman–Crippen LogP) is 1.72. The van der Waals surface area contributed by atoms with Gasteiger partial charge in [-0.05, 0) is 6.92 Å². The van der Waals surface area contributed by atoms with Crippen LogP contribution in [0.2, 0.25) is 0 Å². The van der Waals surface area contributed by atoms with E-state index in [1.54, 1.807) is 0 Å². The van der Waals surface area contributed by atoms with Crippen molar-refractivity contribution in [3.63, 3.8) is 0 Å². The van der Waals surface area contributed by atoms with E-state index in [9.17, 15) is 30.4 Å². The van der Waals surface area contributed by atoms with Gasteiger partial charge in [0.15, 0.2) is 5.67 Å². The molecule has 13 heavy (non-hydrogen) atoms. The summed E-state index contributed by atoms with van der Waals surface area (Å²) in [4.78, 5) is 0. The van der Waals surface area contributed by atoms with Crippen LogP contribution in [0.25, 0.3) is 0 Å². The first kappa shape index (κ1) is 10.7. The molecule has 2 nitrogen and oxygen atoms in total. The average molecular weight is 224 g/mol. The zero-order chi connectivity index (χ0) is 10.7. The molecule has 8 heteroatoms. The van der Waals surface area contributed by atoms with E-state index in [1.165, 1.54) is 0 Å². The van der Waals surface area contributed by atoms with Crippen LogP contribution in [-0.4, -0.2) is 24.6 Å². The predicted molar refractivity (Wildman–Crippen MR) is 32.9 cm³/mol. The Morgan fingerprint density at radius 1 is 1.08 bits per heavy atom. The van der Waals surface area contributed by atoms with Crippen molar-refractivity contribution in [3.05, 3.63) is 0 Å². The topological polar surface area (TPSA) is 34.1 Å². The van der Waals surface area contributed by atoms with Gasteiger partial charge in [-0.2, -0.15) is 17.6 Å². The zero-order valence-corrected chi connectivity index (χ0v) is 7.14. The van der Waals surface area contributed by atoms with Crippen molar-refractivity contribution in [2.75, 3.05) is 0 Å². The molecule has 0 aromatic carbocycles. The standard InChI is InChI=1S/C5H5F5O2S/c1-3(6)2-4(7,8)13(11,12)5(3,9)10/h2H2,1H3. The molecule has 0 aromatic rings. The summed E-state index contributed by atoms with van der Waals surface area (Å²) in [5.41, 5.74) is -3.71. The molecule has 0 bridgehead atoms. The lowest BCUT2D eigenvalue weighted by Crippen LogP contribution is -2.41. The maximum atomic E-state index is 12.8. The number of hydrogen-bond acceptors (Lipinski definition) is 2. The van der Waals surface area contributed by atoms with Crippen LogP contribution in [0, 0.1) is 0 Å². The number of sulfone groups is 1. The van der Waals surface area contributed by atoms with Gasteiger partial charge in [-0.3, -0.25) is 0 Å². The first-order valence-electron chi connectivity index (χ1n) is 3.14. The lowest BCUT2D eigenvalue weighted by molar-refractivity contribution is -0.0643. The van der Waals surface area contributed by atoms with Crippen LogP contribution in [0.5, 0.6) is 0 Å². The van der Waals surface area contributed by atoms with Gasteiger partial charge in [0.2, 0.25) is 0 Å². The van der Waals surface area contributed by atoms with E-state index in [0.717, 1.165) is 0 Å². The van der Waals surface area contributed by atoms with Crippen LogP contribution < -0.4 is 0 Å². The molecule has 0 radical (unpaired) electrons. The first-order valence-corrected chi connectivity index (χ1v) is 4.63. The Bertz CT molecular complexity index is 331. The minimum Gasteiger partial charge on any atom is -0.236 e. The van der Waals surface area contributed by atoms with Crippen LogP contribution in [0.4, 0.5) is 22.0 Å². The van der Waals surface area contributed by atoms with Gasteiger partial charge in [0.25, 0.3) is 9.84 Å². The maximum Gasteiger partial charge on any atom is 0.384 e. The van der Waals surface area contributed by atoms with E-state index in [1.807, 2.05) is 0 Å². The molecule has 1 atom stereocenters. The molecule has 0 spiro atoms. The second-order valence-corrected chi connectivity index (χ2v) is 5.15. The Labute approximate surface area is 70.6 Å². The Hall–Kier alpha value is -0.400. The van der Waals surface area contributed by atoms with Crippen LogP contribution in [0.3, 0.4) is 0 Å². The van der Waals surface area contributed by atoms with Gasteiger partial charge in [0.1, 0.15) is 0 Å². The Morgan fingerprint density at radius 2 is 1.46 bits per heavy atom. The molecule has 78 valence electrons. The lowest BCUT2D eigenvalue weighted by Gasteiger charge is -2.18. The molecule has 1 fully saturated rings. The molecular weight excluding hydrogens is 219 g/mol. The van der Waals surface area contributed by atoms with E-state index in [2.05, 4.69) is 0 Å². The monoisotopic (exact) mass is 224 g/mol. The van der Waals surface area contributed by atoms with E-state index in [0.29, 0.717) is 0 Å². The zero-order valence-electron chi connectivity index (χ0n) is 6.32. The van der Waals surface area contributed by atoms with E-state index in [4.69, 9.17) is 0 Å². The summed E-state index contributed by atoms with van der Waals surface area (Å²) in [5, 5.41) is -9.72. The molecule has 0 aromatic heterocycles. The Kier molecular flexibility index (Phi) is 1.77. The number of halogens is 5. The number of alkyl halides is 5. The van der Waals surface area contributed by atoms with Crippen molar-refractivity contribution in [1.29, 1.82) is 0 Å². The van der Waals surface area contributed by atoms with Crippen LogP contribution in [0.1, 0.15) is 13.3 Å². The van der Waals surface area contributed by atoms with Gasteiger partial charge in [-0.1, -0.05) is 0 Å². The fourth-order valence-electron chi connectivity index (χ4n) is 1.05. The fourth-order valence-corrected chi connectivity index (χ4v) is 2.52. The molecule has 1 aliphatic rings. The first-order chi connectivity index (χ1) is 5.46. The highest BCUT2D eigenvalue weighted by Crippen LogP contribution is 2.55. The van der Waals surface area contributed by atoms with Gasteiger partial charge >= 0.3 is 10.5 Å². The third kappa shape index (κ3) is 1.01. The number of hydrogen-bond donors (Lipinski definition) is 0. The Morgan fingerprint density at radius 3 is 1.54 bits per heavy atom. The minimum atomic E-state index is -6.05. The number of rotatable bonds is 0. The van der Waals surface area contributed by atoms with Gasteiger partial charge in [-0.25, -0.2) is 12.8 Å². The molecule has 1 unspecified atom stereocenters. The van der Waals surface area contributed by atoms with E-state index in [-0.39, 0.29) is 6.92 Å². The summed E-state index contributed by atoms with van der Waals surface area (Å²) in [7, 11) is -6.05. The summed E-state index contributed by atoms with van der Waals surface area (Å²) in [5.74, 6) is 0. The third-order valence-corrected chi connectivity index (χ3v) is 3.91. The summed E-state index contributed by atoms with van der Waals surface area (Å²) in [6.45, 7) is 0.144. The lowest BCUT2D eigenvalue weighted by atomic mass is 10.1. The molecule has 1 saturated heterocycles. The molecule has 0 aliphatic carbocycles. The normalized spacial score (nSPS) is 40.5. The second kappa shape index (κ2) is 2.15. The smallest absolute Gasteiger partial charge is 0.236 e. The highest BCUT2D eigenvalue weighted by atomic mass is 32.2. The van der Waals surface area contributed by atoms with Crippen LogP contribution in [0.15, 0.2) is 0 Å². The Balaban J connectivity index is 3.43. The third-order valence-electron chi connectivity index (χ3n) is 1.88. The summed E-state index contributed by atoms with van der Waals surface area (Å²) in [6.07, 6.45) is -2.00. The van der Waals surface area contributed by atoms with Gasteiger partial charge in [-0.15, -0.1) is 0 Å². The molecule has 0 amide bonds. The van der Waals surface area contributed by atoms with Crippen molar-refractivity contribution in [2.45, 2.75) is 29.5 Å². The molecule has 0 saturated carbocycles. The fraction of sp³-hybridized carbons (Fsp3) is 1.00. The quantitative estimate of drug-likeness (QED) is 0.587. The minimum absolute atomic E-state index is 0.144. The van der Waals surface area contributed by atoms with Gasteiger partial charge < -0.3 is 0 Å². The van der Waals surface area contributed by atoms with Crippen molar-refractivity contribution >= 4 is 9.84 Å². The SMILES string of the molecule is CC1(F)CC(F)(F)S(=O)(=O)C1(F)F. The van der Waals surface area contributed by atoms with Crippen molar-refractivity contribution in [3.8, 4) is 0 Å². The van der Waals surface area contributed by atoms with Crippen molar-refractivity contribution in [2.24, 2.45) is 0 Å².